The Balaban J connectivity index is 2.16. The van der Waals surface area contributed by atoms with E-state index in [0.717, 1.165) is 24.5 Å². The van der Waals surface area contributed by atoms with Crippen molar-refractivity contribution in [3.05, 3.63) is 23.7 Å². The second-order valence-corrected chi connectivity index (χ2v) is 4.24. The molecule has 0 aromatic carbocycles. The van der Waals surface area contributed by atoms with Crippen LogP contribution in [0.15, 0.2) is 16.5 Å². The number of nitrogens with one attached hydrogen (secondary N) is 1. The fourth-order valence-corrected chi connectivity index (χ4v) is 2.37. The van der Waals surface area contributed by atoms with E-state index in [2.05, 4.69) is 18.3 Å². The van der Waals surface area contributed by atoms with E-state index < -0.39 is 0 Å². The van der Waals surface area contributed by atoms with E-state index in [1.54, 1.807) is 0 Å². The smallest absolute Gasteiger partial charge is 0.121 e. The highest BCUT2D eigenvalue weighted by Crippen LogP contribution is 2.33. The number of hydrogen-bond donors (Lipinski definition) is 1. The van der Waals surface area contributed by atoms with Gasteiger partial charge in [-0.05, 0) is 39.4 Å². The molecule has 1 aromatic rings. The van der Waals surface area contributed by atoms with Gasteiger partial charge in [-0.25, -0.2) is 0 Å². The first-order chi connectivity index (χ1) is 7.22. The third kappa shape index (κ3) is 2.08. The van der Waals surface area contributed by atoms with Crippen LogP contribution in [0.5, 0.6) is 0 Å². The molecule has 1 N–H and O–H groups in total. The van der Waals surface area contributed by atoms with E-state index in [0.29, 0.717) is 12.0 Å². The van der Waals surface area contributed by atoms with Crippen molar-refractivity contribution < 1.29 is 9.15 Å². The number of furan rings is 1. The number of aryl methyl sites for hydroxylation is 1. The molecule has 3 unspecified atom stereocenters. The fraction of sp³-hybridized carbons (Fsp3) is 0.667. The molecule has 3 nitrogen and oxygen atoms in total. The predicted octanol–water partition coefficient (Wildman–Crippen LogP) is 2.27. The molecule has 1 fully saturated rings. The molecule has 1 saturated heterocycles. The summed E-state index contributed by atoms with van der Waals surface area (Å²) in [5.74, 6) is 2.51. The van der Waals surface area contributed by atoms with E-state index in [4.69, 9.17) is 9.15 Å². The van der Waals surface area contributed by atoms with Gasteiger partial charge in [0.25, 0.3) is 0 Å². The van der Waals surface area contributed by atoms with Crippen molar-refractivity contribution in [2.45, 2.75) is 32.4 Å². The van der Waals surface area contributed by atoms with Gasteiger partial charge in [0.1, 0.15) is 11.5 Å². The molecule has 0 amide bonds. The summed E-state index contributed by atoms with van der Waals surface area (Å²) in [7, 11) is 1.98. The first kappa shape index (κ1) is 10.7. The van der Waals surface area contributed by atoms with Crippen molar-refractivity contribution in [3.63, 3.8) is 0 Å². The molecule has 0 aliphatic carbocycles. The predicted molar refractivity (Wildman–Crippen MR) is 58.8 cm³/mol. The largest absolute Gasteiger partial charge is 0.465 e. The second-order valence-electron chi connectivity index (χ2n) is 4.24. The molecule has 2 heterocycles. The Morgan fingerprint density at radius 3 is 2.73 bits per heavy atom. The Morgan fingerprint density at radius 2 is 2.27 bits per heavy atom. The molecule has 0 radical (unpaired) electrons. The first-order valence-corrected chi connectivity index (χ1v) is 5.57. The highest BCUT2D eigenvalue weighted by Gasteiger charge is 2.33. The molecule has 0 spiro atoms. The van der Waals surface area contributed by atoms with Crippen LogP contribution >= 0.6 is 0 Å². The van der Waals surface area contributed by atoms with Gasteiger partial charge in [0.2, 0.25) is 0 Å². The summed E-state index contributed by atoms with van der Waals surface area (Å²) in [4.78, 5) is 0. The highest BCUT2D eigenvalue weighted by atomic mass is 16.5. The maximum Gasteiger partial charge on any atom is 0.121 e. The minimum Gasteiger partial charge on any atom is -0.465 e. The lowest BCUT2D eigenvalue weighted by molar-refractivity contribution is 0.0934. The van der Waals surface area contributed by atoms with Crippen molar-refractivity contribution in [2.24, 2.45) is 5.92 Å². The molecule has 3 atom stereocenters. The normalized spacial score (nSPS) is 28.2. The van der Waals surface area contributed by atoms with Gasteiger partial charge in [0.15, 0.2) is 0 Å². The van der Waals surface area contributed by atoms with Crippen LogP contribution in [0, 0.1) is 12.8 Å². The van der Waals surface area contributed by atoms with Gasteiger partial charge in [-0.3, -0.25) is 0 Å². The Kier molecular flexibility index (Phi) is 3.12. The topological polar surface area (TPSA) is 34.4 Å². The van der Waals surface area contributed by atoms with E-state index in [9.17, 15) is 0 Å². The van der Waals surface area contributed by atoms with E-state index in [-0.39, 0.29) is 6.04 Å². The van der Waals surface area contributed by atoms with Crippen molar-refractivity contribution in [2.75, 3.05) is 13.7 Å². The average molecular weight is 209 g/mol. The molecular weight excluding hydrogens is 190 g/mol. The maximum absolute atomic E-state index is 5.68. The van der Waals surface area contributed by atoms with Gasteiger partial charge in [0, 0.05) is 12.5 Å². The van der Waals surface area contributed by atoms with Gasteiger partial charge in [0.05, 0.1) is 12.1 Å². The third-order valence-electron chi connectivity index (χ3n) is 3.24. The second kappa shape index (κ2) is 4.37. The van der Waals surface area contributed by atoms with Crippen molar-refractivity contribution in [1.29, 1.82) is 0 Å². The summed E-state index contributed by atoms with van der Waals surface area (Å²) in [6.07, 6.45) is 1.42. The SMILES string of the molecule is CNC(c1ccc(C)o1)C1CCOC1C. The van der Waals surface area contributed by atoms with Crippen LogP contribution in [0.2, 0.25) is 0 Å². The highest BCUT2D eigenvalue weighted by molar-refractivity contribution is 5.11. The Bertz CT molecular complexity index is 321. The summed E-state index contributed by atoms with van der Waals surface area (Å²) in [5.41, 5.74) is 0. The molecule has 1 aromatic heterocycles. The molecule has 2 rings (SSSR count). The molecule has 15 heavy (non-hydrogen) atoms. The van der Waals surface area contributed by atoms with E-state index in [1.165, 1.54) is 0 Å². The zero-order chi connectivity index (χ0) is 10.8. The van der Waals surface area contributed by atoms with Crippen LogP contribution in [0.4, 0.5) is 0 Å². The molecule has 0 bridgehead atoms. The Hall–Kier alpha value is -0.800. The van der Waals surface area contributed by atoms with Crippen LogP contribution in [-0.2, 0) is 4.74 Å². The average Bonchev–Trinajstić information content (AvgIpc) is 2.79. The lowest BCUT2D eigenvalue weighted by atomic mass is 9.92. The molecule has 84 valence electrons. The van der Waals surface area contributed by atoms with Crippen molar-refractivity contribution in [3.8, 4) is 0 Å². The summed E-state index contributed by atoms with van der Waals surface area (Å²) >= 11 is 0. The maximum atomic E-state index is 5.68. The lowest BCUT2D eigenvalue weighted by Crippen LogP contribution is -2.29. The first-order valence-electron chi connectivity index (χ1n) is 5.57. The quantitative estimate of drug-likeness (QED) is 0.829. The number of rotatable bonds is 3. The molecule has 3 heteroatoms. The van der Waals surface area contributed by atoms with Crippen LogP contribution < -0.4 is 5.32 Å². The lowest BCUT2D eigenvalue weighted by Gasteiger charge is -2.23. The summed E-state index contributed by atoms with van der Waals surface area (Å²) in [5, 5.41) is 3.33. The van der Waals surface area contributed by atoms with Crippen molar-refractivity contribution in [1.82, 2.24) is 5.32 Å². The van der Waals surface area contributed by atoms with Crippen LogP contribution in [-0.4, -0.2) is 19.8 Å². The molecule has 0 saturated carbocycles. The van der Waals surface area contributed by atoms with Gasteiger partial charge < -0.3 is 14.5 Å². The van der Waals surface area contributed by atoms with Crippen LogP contribution in [0.1, 0.15) is 30.9 Å². The van der Waals surface area contributed by atoms with Crippen molar-refractivity contribution >= 4 is 0 Å². The van der Waals surface area contributed by atoms with Crippen LogP contribution in [0.25, 0.3) is 0 Å². The van der Waals surface area contributed by atoms with Gasteiger partial charge >= 0.3 is 0 Å². The fourth-order valence-electron chi connectivity index (χ4n) is 2.37. The van der Waals surface area contributed by atoms with E-state index >= 15 is 0 Å². The Morgan fingerprint density at radius 1 is 1.47 bits per heavy atom. The number of hydrogen-bond acceptors (Lipinski definition) is 3. The summed E-state index contributed by atoms with van der Waals surface area (Å²) < 4.78 is 11.3. The van der Waals surface area contributed by atoms with Gasteiger partial charge in [-0.1, -0.05) is 0 Å². The minimum absolute atomic E-state index is 0.274. The molecular formula is C12H19NO2. The van der Waals surface area contributed by atoms with Gasteiger partial charge in [-0.2, -0.15) is 0 Å². The molecule has 1 aliphatic rings. The molecule has 1 aliphatic heterocycles. The van der Waals surface area contributed by atoms with E-state index in [1.807, 2.05) is 20.0 Å². The Labute approximate surface area is 90.8 Å². The standard InChI is InChI=1S/C12H19NO2/c1-8-4-5-11(15-8)12(13-3)10-6-7-14-9(10)2/h4-5,9-10,12-13H,6-7H2,1-3H3. The third-order valence-corrected chi connectivity index (χ3v) is 3.24. The summed E-state index contributed by atoms with van der Waals surface area (Å²) in [6.45, 7) is 4.98. The zero-order valence-corrected chi connectivity index (χ0v) is 9.62. The number of ether oxygens (including phenoxy) is 1. The summed E-state index contributed by atoms with van der Waals surface area (Å²) in [6, 6.07) is 4.35. The minimum atomic E-state index is 0.274. The van der Waals surface area contributed by atoms with Crippen LogP contribution in [0.3, 0.4) is 0 Å². The zero-order valence-electron chi connectivity index (χ0n) is 9.62. The van der Waals surface area contributed by atoms with Gasteiger partial charge in [-0.15, -0.1) is 0 Å². The monoisotopic (exact) mass is 209 g/mol.